The number of carbonyl (C=O) groups excluding carboxylic acids is 1. The Morgan fingerprint density at radius 3 is 2.19 bits per heavy atom. The molecule has 2 aromatic carbocycles. The Hall–Kier alpha value is -2.42. The summed E-state index contributed by atoms with van der Waals surface area (Å²) in [5.41, 5.74) is 0.690. The van der Waals surface area contributed by atoms with E-state index in [4.69, 9.17) is 34.8 Å². The maximum atomic E-state index is 13.8. The zero-order chi connectivity index (χ0) is 22.3. The van der Waals surface area contributed by atoms with Gasteiger partial charge in [0.1, 0.15) is 10.8 Å². The summed E-state index contributed by atoms with van der Waals surface area (Å²) < 4.78 is 42.2. The zero-order valence-electron chi connectivity index (χ0n) is 15.6. The van der Waals surface area contributed by atoms with Crippen LogP contribution in [0.3, 0.4) is 0 Å². The third-order valence-electron chi connectivity index (χ3n) is 4.89. The van der Waals surface area contributed by atoms with Crippen LogP contribution in [-0.4, -0.2) is 21.9 Å². The molecule has 31 heavy (non-hydrogen) atoms. The quantitative estimate of drug-likeness (QED) is 0.427. The number of hydrogen-bond acceptors (Lipinski definition) is 3. The lowest BCUT2D eigenvalue weighted by Gasteiger charge is -2.33. The van der Waals surface area contributed by atoms with Crippen LogP contribution in [0, 0.1) is 0 Å². The van der Waals surface area contributed by atoms with Crippen molar-refractivity contribution in [3.05, 3.63) is 74.9 Å². The number of hydrogen-bond donors (Lipinski definition) is 2. The second kappa shape index (κ2) is 8.26. The number of alkyl halides is 3. The van der Waals surface area contributed by atoms with Gasteiger partial charge in [-0.2, -0.15) is 18.3 Å². The van der Waals surface area contributed by atoms with Crippen molar-refractivity contribution in [3.8, 4) is 0 Å². The van der Waals surface area contributed by atoms with Gasteiger partial charge in [0.25, 0.3) is 5.91 Å². The molecule has 1 aromatic heterocycles. The highest BCUT2D eigenvalue weighted by Crippen LogP contribution is 2.46. The average Bonchev–Trinajstić information content (AvgIpc) is 3.05. The largest absolute Gasteiger partial charge is 0.410 e. The van der Waals surface area contributed by atoms with E-state index in [0.29, 0.717) is 21.3 Å². The molecule has 0 bridgehead atoms. The lowest BCUT2D eigenvalue weighted by Crippen LogP contribution is -2.35. The predicted octanol–water partition coefficient (Wildman–Crippen LogP) is 6.76. The Labute approximate surface area is 190 Å². The molecule has 3 aromatic rings. The molecular formula is C20H14Cl3F3N4O. The Kier molecular flexibility index (Phi) is 5.81. The second-order valence-corrected chi connectivity index (χ2v) is 8.21. The summed E-state index contributed by atoms with van der Waals surface area (Å²) in [5.74, 6) is -0.809. The third-order valence-corrected chi connectivity index (χ3v) is 5.75. The number of carbonyl (C=O) groups is 1. The molecule has 0 radical (unpaired) electrons. The SMILES string of the molecule is O=C(Nc1ccc(Cl)cc1)c1nn2c(c1Cl)N[C@@H](c1ccc(Cl)cc1)C[C@H]2C(F)(F)F. The number of anilines is 2. The Balaban J connectivity index is 1.69. The van der Waals surface area contributed by atoms with Crippen molar-refractivity contribution in [2.45, 2.75) is 24.7 Å². The number of nitrogens with one attached hydrogen (secondary N) is 2. The van der Waals surface area contributed by atoms with Gasteiger partial charge in [-0.1, -0.05) is 46.9 Å². The summed E-state index contributed by atoms with van der Waals surface area (Å²) in [4.78, 5) is 12.7. The summed E-state index contributed by atoms with van der Waals surface area (Å²) in [7, 11) is 0. The van der Waals surface area contributed by atoms with Gasteiger partial charge in [0, 0.05) is 22.2 Å². The normalized spacial score (nSPS) is 18.3. The Bertz CT molecular complexity index is 1110. The molecule has 4 rings (SSSR count). The van der Waals surface area contributed by atoms with Gasteiger partial charge < -0.3 is 10.6 Å². The lowest BCUT2D eigenvalue weighted by molar-refractivity contribution is -0.173. The van der Waals surface area contributed by atoms with Crippen LogP contribution < -0.4 is 10.6 Å². The van der Waals surface area contributed by atoms with Crippen LogP contribution in [0.25, 0.3) is 0 Å². The molecule has 1 aliphatic heterocycles. The Morgan fingerprint density at radius 1 is 1.03 bits per heavy atom. The van der Waals surface area contributed by atoms with E-state index in [1.807, 2.05) is 0 Å². The first-order valence-electron chi connectivity index (χ1n) is 9.07. The minimum atomic E-state index is -4.60. The van der Waals surface area contributed by atoms with Gasteiger partial charge in [0.15, 0.2) is 11.7 Å². The van der Waals surface area contributed by atoms with E-state index in [1.165, 1.54) is 0 Å². The van der Waals surface area contributed by atoms with Crippen molar-refractivity contribution in [1.82, 2.24) is 9.78 Å². The molecular weight excluding hydrogens is 476 g/mol. The van der Waals surface area contributed by atoms with E-state index in [-0.39, 0.29) is 23.0 Å². The fourth-order valence-corrected chi connectivity index (χ4v) is 3.89. The lowest BCUT2D eigenvalue weighted by atomic mass is 9.97. The first kappa shape index (κ1) is 21.8. The van der Waals surface area contributed by atoms with Gasteiger partial charge in [0.05, 0.1) is 6.04 Å². The van der Waals surface area contributed by atoms with Crippen LogP contribution in [0.5, 0.6) is 0 Å². The van der Waals surface area contributed by atoms with E-state index < -0.39 is 24.2 Å². The molecule has 1 aliphatic rings. The fourth-order valence-electron chi connectivity index (χ4n) is 3.37. The fraction of sp³-hybridized carbons (Fsp3) is 0.200. The van der Waals surface area contributed by atoms with Crippen molar-refractivity contribution in [1.29, 1.82) is 0 Å². The summed E-state index contributed by atoms with van der Waals surface area (Å²) >= 11 is 18.0. The van der Waals surface area contributed by atoms with Crippen molar-refractivity contribution >= 4 is 52.2 Å². The molecule has 0 saturated carbocycles. The van der Waals surface area contributed by atoms with Gasteiger partial charge >= 0.3 is 6.18 Å². The number of nitrogens with zero attached hydrogens (tertiary/aromatic N) is 2. The molecule has 5 nitrogen and oxygen atoms in total. The van der Waals surface area contributed by atoms with Crippen LogP contribution >= 0.6 is 34.8 Å². The second-order valence-electron chi connectivity index (χ2n) is 6.96. The standard InChI is InChI=1S/C20H14Cl3F3N4O/c21-11-3-1-10(2-4-11)14-9-15(20(24,25)26)30-18(28-14)16(23)17(29-30)19(31)27-13-7-5-12(22)6-8-13/h1-8,14-15,28H,9H2,(H,27,31)/t14-,15+/m1/s1. The van der Waals surface area contributed by atoms with Crippen LogP contribution in [0.15, 0.2) is 48.5 Å². The zero-order valence-corrected chi connectivity index (χ0v) is 17.8. The van der Waals surface area contributed by atoms with Crippen molar-refractivity contribution in [2.24, 2.45) is 0 Å². The third kappa shape index (κ3) is 4.46. The van der Waals surface area contributed by atoms with E-state index in [2.05, 4.69) is 15.7 Å². The van der Waals surface area contributed by atoms with Gasteiger partial charge in [-0.05, 0) is 42.0 Å². The Morgan fingerprint density at radius 2 is 1.61 bits per heavy atom. The highest BCUT2D eigenvalue weighted by Gasteiger charge is 2.47. The minimum absolute atomic E-state index is 0.0727. The summed E-state index contributed by atoms with van der Waals surface area (Å²) in [6, 6.07) is 10.1. The molecule has 0 unspecified atom stereocenters. The average molecular weight is 490 g/mol. The molecule has 0 aliphatic carbocycles. The van der Waals surface area contributed by atoms with Crippen LogP contribution in [-0.2, 0) is 0 Å². The minimum Gasteiger partial charge on any atom is -0.362 e. The highest BCUT2D eigenvalue weighted by atomic mass is 35.5. The first-order valence-corrected chi connectivity index (χ1v) is 10.2. The molecule has 2 atom stereocenters. The number of aromatic nitrogens is 2. The molecule has 0 saturated heterocycles. The molecule has 0 spiro atoms. The van der Waals surface area contributed by atoms with E-state index in [0.717, 1.165) is 4.68 Å². The van der Waals surface area contributed by atoms with Crippen molar-refractivity contribution < 1.29 is 18.0 Å². The maximum Gasteiger partial charge on any atom is 0.410 e. The number of amides is 1. The van der Waals surface area contributed by atoms with E-state index in [9.17, 15) is 18.0 Å². The number of fused-ring (bicyclic) bond motifs is 1. The number of benzene rings is 2. The van der Waals surface area contributed by atoms with Crippen molar-refractivity contribution in [3.63, 3.8) is 0 Å². The predicted molar refractivity (Wildman–Crippen MR) is 114 cm³/mol. The first-order chi connectivity index (χ1) is 14.6. The molecule has 2 heterocycles. The van der Waals surface area contributed by atoms with E-state index in [1.54, 1.807) is 48.5 Å². The van der Waals surface area contributed by atoms with Gasteiger partial charge in [0.2, 0.25) is 0 Å². The molecule has 1 amide bonds. The van der Waals surface area contributed by atoms with Crippen LogP contribution in [0.4, 0.5) is 24.7 Å². The topological polar surface area (TPSA) is 59.0 Å². The van der Waals surface area contributed by atoms with Crippen molar-refractivity contribution in [2.75, 3.05) is 10.6 Å². The summed E-state index contributed by atoms with van der Waals surface area (Å²) in [6.45, 7) is 0. The number of halogens is 6. The summed E-state index contributed by atoms with van der Waals surface area (Å²) in [5, 5.41) is 10.2. The number of rotatable bonds is 3. The molecule has 0 fully saturated rings. The smallest absolute Gasteiger partial charge is 0.362 e. The monoisotopic (exact) mass is 488 g/mol. The molecule has 11 heteroatoms. The molecule has 2 N–H and O–H groups in total. The van der Waals surface area contributed by atoms with Crippen LogP contribution in [0.1, 0.15) is 34.6 Å². The highest BCUT2D eigenvalue weighted by molar-refractivity contribution is 6.36. The summed E-state index contributed by atoms with van der Waals surface area (Å²) in [6.07, 6.45) is -4.92. The van der Waals surface area contributed by atoms with Gasteiger partial charge in [-0.15, -0.1) is 0 Å². The van der Waals surface area contributed by atoms with E-state index >= 15 is 0 Å². The van der Waals surface area contributed by atoms with Gasteiger partial charge in [-0.25, -0.2) is 4.68 Å². The van der Waals surface area contributed by atoms with Crippen LogP contribution in [0.2, 0.25) is 15.1 Å². The van der Waals surface area contributed by atoms with Gasteiger partial charge in [-0.3, -0.25) is 4.79 Å². The maximum absolute atomic E-state index is 13.8. The molecule has 162 valence electrons.